The molecular weight excluding hydrogens is 236 g/mol. The smallest absolute Gasteiger partial charge is 0.213 e. The van der Waals surface area contributed by atoms with Gasteiger partial charge in [0.25, 0.3) is 0 Å². The summed E-state index contributed by atoms with van der Waals surface area (Å²) >= 11 is 6.09. The van der Waals surface area contributed by atoms with Gasteiger partial charge >= 0.3 is 0 Å². The van der Waals surface area contributed by atoms with Crippen LogP contribution in [0.5, 0.6) is 5.88 Å². The van der Waals surface area contributed by atoms with Gasteiger partial charge in [-0.3, -0.25) is 0 Å². The second kappa shape index (κ2) is 7.51. The summed E-state index contributed by atoms with van der Waals surface area (Å²) in [6.07, 6.45) is 2.24. The molecule has 0 saturated carbocycles. The van der Waals surface area contributed by atoms with Crippen LogP contribution in [0, 0.1) is 0 Å². The van der Waals surface area contributed by atoms with Crippen molar-refractivity contribution in [3.05, 3.63) is 22.8 Å². The van der Waals surface area contributed by atoms with E-state index in [0.29, 0.717) is 17.4 Å². The van der Waals surface area contributed by atoms with Gasteiger partial charge < -0.3 is 10.1 Å². The first-order valence-electron chi connectivity index (χ1n) is 6.20. The monoisotopic (exact) mass is 256 g/mol. The minimum atomic E-state index is 0.181. The Bertz CT molecular complexity index is 344. The fourth-order valence-electron chi connectivity index (χ4n) is 1.33. The van der Waals surface area contributed by atoms with Crippen molar-refractivity contribution in [2.24, 2.45) is 0 Å². The van der Waals surface area contributed by atoms with E-state index in [1.165, 1.54) is 0 Å². The van der Waals surface area contributed by atoms with Crippen LogP contribution >= 0.6 is 11.6 Å². The number of aromatic nitrogens is 1. The number of halogens is 1. The zero-order chi connectivity index (χ0) is 12.7. The minimum Gasteiger partial charge on any atom is -0.475 e. The van der Waals surface area contributed by atoms with Gasteiger partial charge in [0.1, 0.15) is 0 Å². The Morgan fingerprint density at radius 2 is 2.18 bits per heavy atom. The zero-order valence-electron chi connectivity index (χ0n) is 10.8. The van der Waals surface area contributed by atoms with Crippen molar-refractivity contribution in [2.75, 3.05) is 6.54 Å². The second-order valence-corrected chi connectivity index (χ2v) is 4.50. The molecule has 0 fully saturated rings. The third-order valence-electron chi connectivity index (χ3n) is 2.51. The standard InChI is InChI=1S/C13H21ClN2O/c1-4-8-15-9-12-11(14)6-7-13(16-12)17-10(3)5-2/h6-7,10,15H,4-5,8-9H2,1-3H3. The van der Waals surface area contributed by atoms with Gasteiger partial charge in [0, 0.05) is 12.6 Å². The number of rotatable bonds is 7. The maximum Gasteiger partial charge on any atom is 0.213 e. The van der Waals surface area contributed by atoms with Gasteiger partial charge in [0.05, 0.1) is 16.8 Å². The maximum absolute atomic E-state index is 6.09. The third kappa shape index (κ3) is 4.92. The molecule has 1 rings (SSSR count). The lowest BCUT2D eigenvalue weighted by Gasteiger charge is -2.13. The lowest BCUT2D eigenvalue weighted by molar-refractivity contribution is 0.208. The normalized spacial score (nSPS) is 12.5. The van der Waals surface area contributed by atoms with Crippen molar-refractivity contribution in [3.8, 4) is 5.88 Å². The van der Waals surface area contributed by atoms with Gasteiger partial charge in [-0.2, -0.15) is 0 Å². The van der Waals surface area contributed by atoms with Crippen LogP contribution in [-0.2, 0) is 6.54 Å². The molecule has 1 aromatic heterocycles. The van der Waals surface area contributed by atoms with Crippen LogP contribution in [0.3, 0.4) is 0 Å². The first kappa shape index (κ1) is 14.3. The van der Waals surface area contributed by atoms with E-state index in [1.54, 1.807) is 0 Å². The quantitative estimate of drug-likeness (QED) is 0.759. The Morgan fingerprint density at radius 3 is 2.82 bits per heavy atom. The molecule has 0 saturated heterocycles. The summed E-state index contributed by atoms with van der Waals surface area (Å²) in [7, 11) is 0. The first-order chi connectivity index (χ1) is 8.17. The lowest BCUT2D eigenvalue weighted by Crippen LogP contribution is -2.16. The second-order valence-electron chi connectivity index (χ2n) is 4.09. The Kier molecular flexibility index (Phi) is 6.30. The molecule has 1 atom stereocenters. The predicted molar refractivity (Wildman–Crippen MR) is 71.6 cm³/mol. The lowest BCUT2D eigenvalue weighted by atomic mass is 10.3. The molecule has 4 heteroatoms. The third-order valence-corrected chi connectivity index (χ3v) is 2.85. The molecule has 0 aliphatic heterocycles. The molecule has 0 amide bonds. The summed E-state index contributed by atoms with van der Waals surface area (Å²) < 4.78 is 5.67. The van der Waals surface area contributed by atoms with E-state index in [9.17, 15) is 0 Å². The Labute approximate surface area is 109 Å². The molecule has 0 aromatic carbocycles. The summed E-state index contributed by atoms with van der Waals surface area (Å²) in [6.45, 7) is 7.90. The van der Waals surface area contributed by atoms with Crippen LogP contribution in [0.2, 0.25) is 5.02 Å². The zero-order valence-corrected chi connectivity index (χ0v) is 11.5. The van der Waals surface area contributed by atoms with Crippen molar-refractivity contribution in [1.82, 2.24) is 10.3 Å². The van der Waals surface area contributed by atoms with E-state index in [4.69, 9.17) is 16.3 Å². The van der Waals surface area contributed by atoms with Crippen LogP contribution in [0.1, 0.15) is 39.3 Å². The molecule has 1 aromatic rings. The highest BCUT2D eigenvalue weighted by Crippen LogP contribution is 2.19. The fourth-order valence-corrected chi connectivity index (χ4v) is 1.50. The largest absolute Gasteiger partial charge is 0.475 e. The van der Waals surface area contributed by atoms with Crippen LogP contribution in [-0.4, -0.2) is 17.6 Å². The average molecular weight is 257 g/mol. The van der Waals surface area contributed by atoms with E-state index in [0.717, 1.165) is 25.1 Å². The number of hydrogen-bond acceptors (Lipinski definition) is 3. The van der Waals surface area contributed by atoms with Crippen LogP contribution < -0.4 is 10.1 Å². The highest BCUT2D eigenvalue weighted by Gasteiger charge is 2.07. The molecule has 0 spiro atoms. The Hall–Kier alpha value is -0.800. The fraction of sp³-hybridized carbons (Fsp3) is 0.615. The predicted octanol–water partition coefficient (Wildman–Crippen LogP) is 3.41. The number of nitrogens with zero attached hydrogens (tertiary/aromatic N) is 1. The summed E-state index contributed by atoms with van der Waals surface area (Å²) in [6, 6.07) is 3.66. The average Bonchev–Trinajstić information content (AvgIpc) is 2.33. The van der Waals surface area contributed by atoms with E-state index >= 15 is 0 Å². The number of nitrogens with one attached hydrogen (secondary N) is 1. The maximum atomic E-state index is 6.09. The van der Waals surface area contributed by atoms with Crippen molar-refractivity contribution in [3.63, 3.8) is 0 Å². The number of ether oxygens (including phenoxy) is 1. The van der Waals surface area contributed by atoms with Crippen LogP contribution in [0.15, 0.2) is 12.1 Å². The van der Waals surface area contributed by atoms with Crippen LogP contribution in [0.4, 0.5) is 0 Å². The molecule has 0 radical (unpaired) electrons. The highest BCUT2D eigenvalue weighted by atomic mass is 35.5. The first-order valence-corrected chi connectivity index (χ1v) is 6.58. The molecule has 0 aliphatic rings. The molecular formula is C13H21ClN2O. The van der Waals surface area contributed by atoms with Gasteiger partial charge in [-0.1, -0.05) is 25.4 Å². The van der Waals surface area contributed by atoms with Crippen molar-refractivity contribution < 1.29 is 4.74 Å². The summed E-state index contributed by atoms with van der Waals surface area (Å²) in [5, 5.41) is 3.97. The summed E-state index contributed by atoms with van der Waals surface area (Å²) in [5.41, 5.74) is 0.848. The molecule has 1 heterocycles. The SMILES string of the molecule is CCCNCc1nc(OC(C)CC)ccc1Cl. The van der Waals surface area contributed by atoms with Gasteiger partial charge in [0.15, 0.2) is 0 Å². The molecule has 1 N–H and O–H groups in total. The van der Waals surface area contributed by atoms with E-state index in [-0.39, 0.29) is 6.10 Å². The van der Waals surface area contributed by atoms with Gasteiger partial charge in [0.2, 0.25) is 5.88 Å². The summed E-state index contributed by atoms with van der Waals surface area (Å²) in [4.78, 5) is 4.42. The Balaban J connectivity index is 2.65. The molecule has 0 aliphatic carbocycles. The number of pyridine rings is 1. The van der Waals surface area contributed by atoms with Crippen molar-refractivity contribution >= 4 is 11.6 Å². The van der Waals surface area contributed by atoms with E-state index in [1.807, 2.05) is 19.1 Å². The topological polar surface area (TPSA) is 34.2 Å². The van der Waals surface area contributed by atoms with Gasteiger partial charge in [-0.25, -0.2) is 4.98 Å². The Morgan fingerprint density at radius 1 is 1.41 bits per heavy atom. The molecule has 0 bridgehead atoms. The highest BCUT2D eigenvalue weighted by molar-refractivity contribution is 6.31. The summed E-state index contributed by atoms with van der Waals surface area (Å²) in [5.74, 6) is 0.650. The molecule has 96 valence electrons. The molecule has 1 unspecified atom stereocenters. The van der Waals surface area contributed by atoms with E-state index < -0.39 is 0 Å². The van der Waals surface area contributed by atoms with E-state index in [2.05, 4.69) is 24.1 Å². The van der Waals surface area contributed by atoms with Crippen LogP contribution in [0.25, 0.3) is 0 Å². The minimum absolute atomic E-state index is 0.181. The van der Waals surface area contributed by atoms with Crippen molar-refractivity contribution in [1.29, 1.82) is 0 Å². The van der Waals surface area contributed by atoms with Gasteiger partial charge in [-0.15, -0.1) is 0 Å². The molecule has 17 heavy (non-hydrogen) atoms. The molecule has 3 nitrogen and oxygen atoms in total. The van der Waals surface area contributed by atoms with Crippen molar-refractivity contribution in [2.45, 2.75) is 46.3 Å². The van der Waals surface area contributed by atoms with Gasteiger partial charge in [-0.05, 0) is 32.4 Å². The number of hydrogen-bond donors (Lipinski definition) is 1.